The molecule has 0 saturated carbocycles. The second-order valence-electron chi connectivity index (χ2n) is 8.48. The monoisotopic (exact) mass is 448 g/mol. The van der Waals surface area contributed by atoms with E-state index in [4.69, 9.17) is 5.73 Å². The van der Waals surface area contributed by atoms with Gasteiger partial charge in [0.25, 0.3) is 0 Å². The third-order valence-electron chi connectivity index (χ3n) is 5.47. The molecule has 6 N–H and O–H groups in total. The van der Waals surface area contributed by atoms with Crippen molar-refractivity contribution in [3.05, 3.63) is 29.8 Å². The molecule has 176 valence electrons. The number of rotatable bonds is 9. The molecule has 0 aliphatic carbocycles. The Morgan fingerprint density at radius 3 is 2.28 bits per heavy atom. The van der Waals surface area contributed by atoms with Gasteiger partial charge in [-0.2, -0.15) is 0 Å². The number of nitrogens with zero attached hydrogens (tertiary/aromatic N) is 1. The summed E-state index contributed by atoms with van der Waals surface area (Å²) in [6.07, 6.45) is 1.02. The first kappa shape index (κ1) is 25.1. The molecular formula is C22H32N4O6. The van der Waals surface area contributed by atoms with Crippen LogP contribution >= 0.6 is 0 Å². The van der Waals surface area contributed by atoms with Crippen molar-refractivity contribution in [1.82, 2.24) is 15.5 Å². The predicted molar refractivity (Wildman–Crippen MR) is 117 cm³/mol. The summed E-state index contributed by atoms with van der Waals surface area (Å²) < 4.78 is 0. The fourth-order valence-corrected chi connectivity index (χ4v) is 3.62. The number of nitrogens with one attached hydrogen (secondary N) is 2. The molecule has 1 aliphatic rings. The average molecular weight is 449 g/mol. The van der Waals surface area contributed by atoms with Gasteiger partial charge in [0.1, 0.15) is 23.9 Å². The predicted octanol–water partition coefficient (Wildman–Crippen LogP) is -0.0169. The summed E-state index contributed by atoms with van der Waals surface area (Å²) >= 11 is 0. The molecule has 0 radical (unpaired) electrons. The number of aromatic hydroxyl groups is 1. The summed E-state index contributed by atoms with van der Waals surface area (Å²) in [5.41, 5.74) is 6.23. The number of likely N-dealkylation sites (tertiary alicyclic amines) is 1. The number of carboxylic acid groups (broad SMARTS) is 1. The number of phenols is 1. The Balaban J connectivity index is 2.11. The SMILES string of the molecule is CC(N)C(=O)NC(C(=O)N1CCCC1C(=O)NC(Cc1ccc(O)cc1)C(=O)O)C(C)C. The molecule has 0 bridgehead atoms. The maximum absolute atomic E-state index is 13.2. The highest BCUT2D eigenvalue weighted by molar-refractivity contribution is 5.94. The van der Waals surface area contributed by atoms with E-state index < -0.39 is 47.9 Å². The van der Waals surface area contributed by atoms with Crippen molar-refractivity contribution in [3.8, 4) is 5.75 Å². The van der Waals surface area contributed by atoms with E-state index in [1.807, 2.05) is 0 Å². The van der Waals surface area contributed by atoms with Crippen molar-refractivity contribution in [2.24, 2.45) is 11.7 Å². The van der Waals surface area contributed by atoms with E-state index in [0.29, 0.717) is 24.9 Å². The van der Waals surface area contributed by atoms with Crippen molar-refractivity contribution in [2.45, 2.75) is 64.2 Å². The van der Waals surface area contributed by atoms with Gasteiger partial charge in [-0.05, 0) is 43.4 Å². The van der Waals surface area contributed by atoms with E-state index in [1.165, 1.54) is 24.0 Å². The number of carboxylic acids is 1. The molecule has 3 amide bonds. The number of phenolic OH excluding ortho intramolecular Hbond substituents is 1. The Morgan fingerprint density at radius 1 is 1.12 bits per heavy atom. The standard InChI is InChI=1S/C22H32N4O6/c1-12(2)18(25-19(28)13(3)23)21(30)26-10-4-5-17(26)20(29)24-16(22(31)32)11-14-6-8-15(27)9-7-14/h6-9,12-13,16-18,27H,4-5,10-11,23H2,1-3H3,(H,24,29)(H,25,28)(H,31,32). The van der Waals surface area contributed by atoms with Gasteiger partial charge in [-0.1, -0.05) is 26.0 Å². The minimum absolute atomic E-state index is 0.0289. The molecule has 0 aromatic heterocycles. The summed E-state index contributed by atoms with van der Waals surface area (Å²) in [6.45, 7) is 5.42. The Kier molecular flexibility index (Phi) is 8.59. The van der Waals surface area contributed by atoms with Gasteiger partial charge in [0, 0.05) is 13.0 Å². The van der Waals surface area contributed by atoms with Gasteiger partial charge in [-0.3, -0.25) is 14.4 Å². The second-order valence-corrected chi connectivity index (χ2v) is 8.48. The van der Waals surface area contributed by atoms with Crippen LogP contribution in [0.3, 0.4) is 0 Å². The summed E-state index contributed by atoms with van der Waals surface area (Å²) in [4.78, 5) is 51.2. The highest BCUT2D eigenvalue weighted by Crippen LogP contribution is 2.21. The molecule has 1 aromatic carbocycles. The lowest BCUT2D eigenvalue weighted by atomic mass is 10.0. The van der Waals surface area contributed by atoms with Gasteiger partial charge in [0.2, 0.25) is 17.7 Å². The van der Waals surface area contributed by atoms with E-state index in [1.54, 1.807) is 26.0 Å². The van der Waals surface area contributed by atoms with E-state index in [-0.39, 0.29) is 18.1 Å². The van der Waals surface area contributed by atoms with Crippen LogP contribution in [-0.2, 0) is 25.6 Å². The molecule has 32 heavy (non-hydrogen) atoms. The van der Waals surface area contributed by atoms with Crippen LogP contribution in [0.1, 0.15) is 39.2 Å². The van der Waals surface area contributed by atoms with Gasteiger partial charge in [0.05, 0.1) is 6.04 Å². The smallest absolute Gasteiger partial charge is 0.326 e. The van der Waals surface area contributed by atoms with Crippen molar-refractivity contribution in [2.75, 3.05) is 6.54 Å². The molecule has 0 spiro atoms. The molecule has 1 aromatic rings. The Labute approximate surface area is 187 Å². The van der Waals surface area contributed by atoms with E-state index in [9.17, 15) is 29.4 Å². The lowest BCUT2D eigenvalue weighted by Crippen LogP contribution is -2.58. The van der Waals surface area contributed by atoms with Gasteiger partial charge < -0.3 is 31.5 Å². The zero-order valence-corrected chi connectivity index (χ0v) is 18.6. The van der Waals surface area contributed by atoms with Gasteiger partial charge in [-0.15, -0.1) is 0 Å². The first-order chi connectivity index (χ1) is 15.0. The van der Waals surface area contributed by atoms with Crippen LogP contribution in [0.2, 0.25) is 0 Å². The fraction of sp³-hybridized carbons (Fsp3) is 0.545. The number of hydrogen-bond donors (Lipinski definition) is 5. The molecule has 4 unspecified atom stereocenters. The number of benzene rings is 1. The summed E-state index contributed by atoms with van der Waals surface area (Å²) in [7, 11) is 0. The molecule has 1 saturated heterocycles. The van der Waals surface area contributed by atoms with Crippen LogP contribution in [0.15, 0.2) is 24.3 Å². The zero-order valence-electron chi connectivity index (χ0n) is 18.6. The summed E-state index contributed by atoms with van der Waals surface area (Å²) in [6, 6.07) is 2.41. The topological polar surface area (TPSA) is 162 Å². The summed E-state index contributed by atoms with van der Waals surface area (Å²) in [5, 5.41) is 24.1. The largest absolute Gasteiger partial charge is 0.508 e. The Morgan fingerprint density at radius 2 is 1.75 bits per heavy atom. The highest BCUT2D eigenvalue weighted by Gasteiger charge is 2.39. The van der Waals surface area contributed by atoms with Crippen LogP contribution < -0.4 is 16.4 Å². The fourth-order valence-electron chi connectivity index (χ4n) is 3.62. The number of nitrogens with two attached hydrogens (primary N) is 1. The maximum atomic E-state index is 13.2. The van der Waals surface area contributed by atoms with Gasteiger partial charge in [-0.25, -0.2) is 4.79 Å². The first-order valence-corrected chi connectivity index (χ1v) is 10.7. The normalized spacial score (nSPS) is 18.7. The van der Waals surface area contributed by atoms with Crippen molar-refractivity contribution in [1.29, 1.82) is 0 Å². The Hall–Kier alpha value is -3.14. The van der Waals surface area contributed by atoms with Gasteiger partial charge >= 0.3 is 5.97 Å². The highest BCUT2D eigenvalue weighted by atomic mass is 16.4. The zero-order chi connectivity index (χ0) is 24.0. The van der Waals surface area contributed by atoms with Crippen LogP contribution in [0, 0.1) is 5.92 Å². The number of aliphatic carboxylic acids is 1. The number of carbonyl (C=O) groups is 4. The van der Waals surface area contributed by atoms with Crippen molar-refractivity contribution >= 4 is 23.7 Å². The first-order valence-electron chi connectivity index (χ1n) is 10.7. The van der Waals surface area contributed by atoms with Crippen LogP contribution in [0.5, 0.6) is 5.75 Å². The molecule has 1 fully saturated rings. The average Bonchev–Trinajstić information content (AvgIpc) is 3.22. The molecule has 1 heterocycles. The van der Waals surface area contributed by atoms with Crippen molar-refractivity contribution < 1.29 is 29.4 Å². The molecule has 4 atom stereocenters. The second kappa shape index (κ2) is 10.9. The van der Waals surface area contributed by atoms with E-state index >= 15 is 0 Å². The number of hydrogen-bond acceptors (Lipinski definition) is 6. The molecule has 1 aliphatic heterocycles. The molecule has 10 heteroatoms. The Bertz CT molecular complexity index is 839. The van der Waals surface area contributed by atoms with Gasteiger partial charge in [0.15, 0.2) is 0 Å². The minimum atomic E-state index is -1.20. The third-order valence-corrected chi connectivity index (χ3v) is 5.47. The summed E-state index contributed by atoms with van der Waals surface area (Å²) in [5.74, 6) is -2.78. The molecule has 2 rings (SSSR count). The molecular weight excluding hydrogens is 416 g/mol. The van der Waals surface area contributed by atoms with Crippen LogP contribution in [-0.4, -0.2) is 69.5 Å². The number of carbonyl (C=O) groups excluding carboxylic acids is 3. The quantitative estimate of drug-likeness (QED) is 0.355. The number of amides is 3. The lowest BCUT2D eigenvalue weighted by molar-refractivity contribution is -0.145. The van der Waals surface area contributed by atoms with Crippen molar-refractivity contribution in [3.63, 3.8) is 0 Å². The maximum Gasteiger partial charge on any atom is 0.326 e. The van der Waals surface area contributed by atoms with E-state index in [2.05, 4.69) is 10.6 Å². The minimum Gasteiger partial charge on any atom is -0.508 e. The van der Waals surface area contributed by atoms with Crippen LogP contribution in [0.4, 0.5) is 0 Å². The van der Waals surface area contributed by atoms with Crippen LogP contribution in [0.25, 0.3) is 0 Å². The third kappa shape index (κ3) is 6.43. The lowest BCUT2D eigenvalue weighted by Gasteiger charge is -2.31. The van der Waals surface area contributed by atoms with E-state index in [0.717, 1.165) is 0 Å². The molecule has 10 nitrogen and oxygen atoms in total.